The van der Waals surface area contributed by atoms with Crippen molar-refractivity contribution >= 4 is 34.7 Å². The Hall–Kier alpha value is -0.940. The van der Waals surface area contributed by atoms with Gasteiger partial charge in [0.1, 0.15) is 0 Å². The highest BCUT2D eigenvalue weighted by atomic mass is 35.5. The van der Waals surface area contributed by atoms with Crippen molar-refractivity contribution in [2.75, 3.05) is 23.5 Å². The molecule has 1 atom stereocenters. The van der Waals surface area contributed by atoms with E-state index in [4.69, 9.17) is 11.6 Å². The summed E-state index contributed by atoms with van der Waals surface area (Å²) < 4.78 is 0. The zero-order chi connectivity index (χ0) is 13.1. The first-order chi connectivity index (χ1) is 8.63. The Bertz CT molecular complexity index is 450. The molecule has 1 aromatic rings. The van der Waals surface area contributed by atoms with Crippen molar-refractivity contribution in [1.29, 1.82) is 0 Å². The molecule has 1 fully saturated rings. The van der Waals surface area contributed by atoms with Crippen LogP contribution in [0.4, 0.5) is 11.4 Å². The third-order valence-corrected chi connectivity index (χ3v) is 4.68. The summed E-state index contributed by atoms with van der Waals surface area (Å²) in [5.74, 6) is 2.58. The van der Waals surface area contributed by atoms with Crippen LogP contribution in [0.3, 0.4) is 0 Å². The molecule has 4 nitrogen and oxygen atoms in total. The lowest BCUT2D eigenvalue weighted by Gasteiger charge is -2.27. The lowest BCUT2D eigenvalue weighted by Crippen LogP contribution is -2.31. The summed E-state index contributed by atoms with van der Waals surface area (Å²) in [6.07, 6.45) is 1.15. The van der Waals surface area contributed by atoms with Crippen LogP contribution in [0.25, 0.3) is 0 Å². The van der Waals surface area contributed by atoms with E-state index >= 15 is 0 Å². The van der Waals surface area contributed by atoms with Crippen LogP contribution >= 0.6 is 23.4 Å². The fourth-order valence-corrected chi connectivity index (χ4v) is 3.64. The van der Waals surface area contributed by atoms with Gasteiger partial charge in [0.25, 0.3) is 5.69 Å². The second kappa shape index (κ2) is 5.80. The number of nitro benzene ring substituents is 1. The van der Waals surface area contributed by atoms with Crippen molar-refractivity contribution in [2.24, 2.45) is 0 Å². The first-order valence-electron chi connectivity index (χ1n) is 5.77. The molecule has 1 unspecified atom stereocenters. The minimum Gasteiger partial charge on any atom is -0.370 e. The molecular weight excluding hydrogens is 272 g/mol. The zero-order valence-corrected chi connectivity index (χ0v) is 11.7. The average Bonchev–Trinajstić information content (AvgIpc) is 2.90. The largest absolute Gasteiger partial charge is 0.370 e. The molecule has 2 rings (SSSR count). The Morgan fingerprint density at radius 3 is 2.94 bits per heavy atom. The molecule has 1 aliphatic heterocycles. The molecule has 0 amide bonds. The number of hydrogen-bond acceptors (Lipinski definition) is 4. The third kappa shape index (κ3) is 2.72. The first-order valence-corrected chi connectivity index (χ1v) is 7.46. The maximum atomic E-state index is 10.8. The summed E-state index contributed by atoms with van der Waals surface area (Å²) >= 11 is 7.85. The van der Waals surface area contributed by atoms with Crippen molar-refractivity contribution in [1.82, 2.24) is 0 Å². The highest BCUT2D eigenvalue weighted by molar-refractivity contribution is 7.99. The molecule has 0 saturated carbocycles. The van der Waals surface area contributed by atoms with Gasteiger partial charge in [0.2, 0.25) is 0 Å². The van der Waals surface area contributed by atoms with Crippen molar-refractivity contribution in [2.45, 2.75) is 18.3 Å². The van der Waals surface area contributed by atoms with Crippen molar-refractivity contribution in [3.8, 4) is 0 Å². The number of hydrogen-bond donors (Lipinski definition) is 0. The topological polar surface area (TPSA) is 46.4 Å². The molecule has 0 spiro atoms. The second-order valence-electron chi connectivity index (χ2n) is 4.33. The van der Waals surface area contributed by atoms with Crippen LogP contribution in [0.5, 0.6) is 0 Å². The lowest BCUT2D eigenvalue weighted by atomic mass is 10.1. The van der Waals surface area contributed by atoms with Gasteiger partial charge in [-0.2, -0.15) is 11.8 Å². The molecule has 6 heteroatoms. The monoisotopic (exact) mass is 286 g/mol. The molecule has 0 aromatic heterocycles. The predicted octanol–water partition coefficient (Wildman–Crippen LogP) is 3.28. The van der Waals surface area contributed by atoms with E-state index < -0.39 is 0 Å². The second-order valence-corrected chi connectivity index (χ2v) is 5.75. The molecule has 1 saturated heterocycles. The summed E-state index contributed by atoms with van der Waals surface area (Å²) in [6.45, 7) is 0. The Kier molecular flexibility index (Phi) is 4.35. The van der Waals surface area contributed by atoms with E-state index in [1.807, 2.05) is 18.8 Å². The van der Waals surface area contributed by atoms with Gasteiger partial charge in [-0.25, -0.2) is 0 Å². The van der Waals surface area contributed by atoms with E-state index in [0.717, 1.165) is 23.4 Å². The Morgan fingerprint density at radius 2 is 2.39 bits per heavy atom. The molecule has 0 radical (unpaired) electrons. The minimum atomic E-state index is -0.384. The van der Waals surface area contributed by atoms with Gasteiger partial charge < -0.3 is 4.90 Å². The zero-order valence-electron chi connectivity index (χ0n) is 10.1. The molecular formula is C12H15ClN2O2S. The highest BCUT2D eigenvalue weighted by Crippen LogP contribution is 2.31. The van der Waals surface area contributed by atoms with E-state index in [-0.39, 0.29) is 10.6 Å². The maximum absolute atomic E-state index is 10.8. The van der Waals surface area contributed by atoms with Gasteiger partial charge in [0, 0.05) is 42.5 Å². The number of non-ortho nitro benzene ring substituents is 1. The van der Waals surface area contributed by atoms with Crippen LogP contribution in [0.1, 0.15) is 12.0 Å². The van der Waals surface area contributed by atoms with Crippen LogP contribution in [0, 0.1) is 10.1 Å². The quantitative estimate of drug-likeness (QED) is 0.484. The van der Waals surface area contributed by atoms with E-state index in [1.54, 1.807) is 18.2 Å². The molecule has 98 valence electrons. The Balaban J connectivity index is 2.28. The fraction of sp³-hybridized carbons (Fsp3) is 0.500. The van der Waals surface area contributed by atoms with Gasteiger partial charge in [-0.1, -0.05) is 0 Å². The SMILES string of the molecule is CN(c1ccc([N+](=O)[O-])cc1CCl)C1CCSC1. The number of anilines is 1. The molecule has 18 heavy (non-hydrogen) atoms. The maximum Gasteiger partial charge on any atom is 0.269 e. The molecule has 1 aliphatic rings. The van der Waals surface area contributed by atoms with Gasteiger partial charge in [0.15, 0.2) is 0 Å². The summed E-state index contributed by atoms with van der Waals surface area (Å²) in [5, 5.41) is 10.8. The van der Waals surface area contributed by atoms with Crippen LogP contribution in [0.15, 0.2) is 18.2 Å². The van der Waals surface area contributed by atoms with Crippen LogP contribution in [-0.2, 0) is 5.88 Å². The van der Waals surface area contributed by atoms with Crippen molar-refractivity contribution < 1.29 is 4.92 Å². The first kappa shape index (κ1) is 13.5. The summed E-state index contributed by atoms with van der Waals surface area (Å²) in [4.78, 5) is 12.6. The van der Waals surface area contributed by atoms with Crippen LogP contribution in [-0.4, -0.2) is 29.5 Å². The number of thioether (sulfide) groups is 1. The number of nitrogens with zero attached hydrogens (tertiary/aromatic N) is 2. The van der Waals surface area contributed by atoms with E-state index in [1.165, 1.54) is 5.75 Å². The number of halogens is 1. The molecule has 1 aromatic carbocycles. The molecule has 0 aliphatic carbocycles. The van der Waals surface area contributed by atoms with Crippen molar-refractivity contribution in [3.63, 3.8) is 0 Å². The Labute approximate surface area is 115 Å². The van der Waals surface area contributed by atoms with Crippen LogP contribution in [0.2, 0.25) is 0 Å². The predicted molar refractivity (Wildman–Crippen MR) is 76.8 cm³/mol. The standard InChI is InChI=1S/C12H15ClN2O2S/c1-14(11-4-5-18-8-11)12-3-2-10(15(16)17)6-9(12)7-13/h2-3,6,11H,4-5,7-8H2,1H3. The van der Waals surface area contributed by atoms with Crippen LogP contribution < -0.4 is 4.90 Å². The smallest absolute Gasteiger partial charge is 0.269 e. The average molecular weight is 287 g/mol. The molecule has 1 heterocycles. The van der Waals surface area contributed by atoms with Crippen molar-refractivity contribution in [3.05, 3.63) is 33.9 Å². The number of nitro groups is 1. The van der Waals surface area contributed by atoms with Gasteiger partial charge in [-0.15, -0.1) is 11.6 Å². The summed E-state index contributed by atoms with van der Waals surface area (Å²) in [5.41, 5.74) is 1.93. The van der Waals surface area contributed by atoms with E-state index in [2.05, 4.69) is 4.90 Å². The molecule has 0 bridgehead atoms. The normalized spacial score (nSPS) is 18.9. The number of rotatable bonds is 4. The molecule has 0 N–H and O–H groups in total. The Morgan fingerprint density at radius 1 is 1.61 bits per heavy atom. The van der Waals surface area contributed by atoms with Gasteiger partial charge >= 0.3 is 0 Å². The fourth-order valence-electron chi connectivity index (χ4n) is 2.16. The highest BCUT2D eigenvalue weighted by Gasteiger charge is 2.22. The number of alkyl halides is 1. The third-order valence-electron chi connectivity index (χ3n) is 3.25. The van der Waals surface area contributed by atoms with Gasteiger partial charge in [-0.05, 0) is 23.8 Å². The van der Waals surface area contributed by atoms with E-state index in [9.17, 15) is 10.1 Å². The number of benzene rings is 1. The van der Waals surface area contributed by atoms with Gasteiger partial charge in [0.05, 0.1) is 4.92 Å². The van der Waals surface area contributed by atoms with E-state index in [0.29, 0.717) is 11.9 Å². The minimum absolute atomic E-state index is 0.101. The summed E-state index contributed by atoms with van der Waals surface area (Å²) in [7, 11) is 2.04. The summed E-state index contributed by atoms with van der Waals surface area (Å²) in [6, 6.07) is 5.42. The van der Waals surface area contributed by atoms with Gasteiger partial charge in [-0.3, -0.25) is 10.1 Å². The lowest BCUT2D eigenvalue weighted by molar-refractivity contribution is -0.384.